The Labute approximate surface area is 155 Å². The molecule has 0 bridgehead atoms. The molecular formula is C17H20F2N4O3S. The molecule has 1 aromatic heterocycles. The Kier molecular flexibility index (Phi) is 4.53. The van der Waals surface area contributed by atoms with Crippen molar-refractivity contribution in [2.75, 3.05) is 12.9 Å². The first-order valence-electron chi connectivity index (χ1n) is 8.56. The molecule has 0 unspecified atom stereocenters. The van der Waals surface area contributed by atoms with Gasteiger partial charge < -0.3 is 10.5 Å². The molecule has 0 saturated carbocycles. The number of hydrogen-bond donors (Lipinski definition) is 1. The molecule has 10 heteroatoms. The summed E-state index contributed by atoms with van der Waals surface area (Å²) in [7, 11) is -3.40. The van der Waals surface area contributed by atoms with E-state index < -0.39 is 33.8 Å². The third-order valence-corrected chi connectivity index (χ3v) is 5.97. The first kappa shape index (κ1) is 18.5. The number of aromatic nitrogens is 2. The molecule has 2 aliphatic rings. The summed E-state index contributed by atoms with van der Waals surface area (Å²) in [5.41, 5.74) is 7.91. The number of fused-ring (bicyclic) bond motifs is 1. The minimum Gasteiger partial charge on any atom is -0.370 e. The molecule has 0 radical (unpaired) electrons. The van der Waals surface area contributed by atoms with Crippen LogP contribution in [0, 0.1) is 11.6 Å². The molecule has 4 rings (SSSR count). The Bertz CT molecular complexity index is 955. The summed E-state index contributed by atoms with van der Waals surface area (Å²) >= 11 is 0. The Hall–Kier alpha value is -1.88. The molecule has 2 aliphatic heterocycles. The zero-order chi connectivity index (χ0) is 19.3. The largest absolute Gasteiger partial charge is 0.370 e. The highest BCUT2D eigenvalue weighted by molar-refractivity contribution is 7.89. The fourth-order valence-corrected chi connectivity index (χ4v) is 4.30. The van der Waals surface area contributed by atoms with Crippen LogP contribution >= 0.6 is 0 Å². The van der Waals surface area contributed by atoms with Gasteiger partial charge in [-0.25, -0.2) is 17.2 Å². The van der Waals surface area contributed by atoms with Gasteiger partial charge in [-0.1, -0.05) is 0 Å². The third kappa shape index (κ3) is 3.49. The molecule has 1 aromatic carbocycles. The molecule has 1 fully saturated rings. The highest BCUT2D eigenvalue weighted by Crippen LogP contribution is 2.34. The lowest BCUT2D eigenvalue weighted by Crippen LogP contribution is -2.47. The molecule has 1 saturated heterocycles. The maximum atomic E-state index is 14.0. The van der Waals surface area contributed by atoms with Crippen LogP contribution in [0.3, 0.4) is 0 Å². The van der Waals surface area contributed by atoms with Crippen molar-refractivity contribution in [3.05, 3.63) is 52.9 Å². The van der Waals surface area contributed by atoms with Crippen LogP contribution in [0.25, 0.3) is 0 Å². The van der Waals surface area contributed by atoms with E-state index in [-0.39, 0.29) is 11.6 Å². The fourth-order valence-electron chi connectivity index (χ4n) is 3.73. The average Bonchev–Trinajstić information content (AvgIpc) is 3.16. The summed E-state index contributed by atoms with van der Waals surface area (Å²) in [6.45, 7) is 1.37. The van der Waals surface area contributed by atoms with Crippen LogP contribution in [0.2, 0.25) is 0 Å². The van der Waals surface area contributed by atoms with Crippen LogP contribution in [-0.2, 0) is 27.8 Å². The topological polar surface area (TPSA) is 90.5 Å². The summed E-state index contributed by atoms with van der Waals surface area (Å²) < 4.78 is 57.4. The van der Waals surface area contributed by atoms with Crippen LogP contribution in [0.4, 0.5) is 8.78 Å². The summed E-state index contributed by atoms with van der Waals surface area (Å²) in [6, 6.07) is 2.78. The smallest absolute Gasteiger partial charge is 0.250 e. The standard InChI is InChI=1S/C17H20F2N4O3S/c1-27(24,25)23-7-10-6-22(8-16(10)21-23)12-5-15(20)17(26-9-12)13-4-11(18)2-3-14(13)19/h2-4,7,12,15,17H,5-6,8-9,20H2,1H3/t12-,15-,17+/m0/s1. The first-order valence-corrected chi connectivity index (χ1v) is 10.4. The van der Waals surface area contributed by atoms with Gasteiger partial charge in [0.1, 0.15) is 17.7 Å². The van der Waals surface area contributed by atoms with E-state index in [4.69, 9.17) is 10.5 Å². The van der Waals surface area contributed by atoms with Crippen molar-refractivity contribution in [3.63, 3.8) is 0 Å². The van der Waals surface area contributed by atoms with E-state index in [0.29, 0.717) is 31.8 Å². The number of benzene rings is 1. The highest BCUT2D eigenvalue weighted by atomic mass is 32.2. The number of nitrogens with zero attached hydrogens (tertiary/aromatic N) is 3. The monoisotopic (exact) mass is 398 g/mol. The van der Waals surface area contributed by atoms with Crippen molar-refractivity contribution < 1.29 is 21.9 Å². The maximum Gasteiger partial charge on any atom is 0.250 e. The molecule has 27 heavy (non-hydrogen) atoms. The minimum absolute atomic E-state index is 0.00578. The average molecular weight is 398 g/mol. The molecule has 7 nitrogen and oxygen atoms in total. The lowest BCUT2D eigenvalue weighted by Gasteiger charge is -2.38. The summed E-state index contributed by atoms with van der Waals surface area (Å²) in [5, 5.41) is 4.13. The fraction of sp³-hybridized carbons (Fsp3) is 0.471. The Morgan fingerprint density at radius 2 is 2.07 bits per heavy atom. The molecule has 3 heterocycles. The van der Waals surface area contributed by atoms with Gasteiger partial charge in [-0.15, -0.1) is 0 Å². The van der Waals surface area contributed by atoms with Crippen LogP contribution in [-0.4, -0.2) is 47.4 Å². The van der Waals surface area contributed by atoms with Crippen LogP contribution < -0.4 is 5.73 Å². The molecule has 0 aliphatic carbocycles. The van der Waals surface area contributed by atoms with E-state index in [1.165, 1.54) is 6.20 Å². The van der Waals surface area contributed by atoms with Gasteiger partial charge in [-0.05, 0) is 24.6 Å². The van der Waals surface area contributed by atoms with Crippen molar-refractivity contribution >= 4 is 10.0 Å². The predicted octanol–water partition coefficient (Wildman–Crippen LogP) is 1.14. The first-order chi connectivity index (χ1) is 12.7. The van der Waals surface area contributed by atoms with Crippen LogP contribution in [0.15, 0.2) is 24.4 Å². The van der Waals surface area contributed by atoms with Crippen molar-refractivity contribution in [1.82, 2.24) is 14.1 Å². The van der Waals surface area contributed by atoms with E-state index in [1.807, 2.05) is 0 Å². The second-order valence-electron chi connectivity index (χ2n) is 7.11. The highest BCUT2D eigenvalue weighted by Gasteiger charge is 2.37. The molecule has 0 amide bonds. The normalized spacial score (nSPS) is 26.3. The second kappa shape index (κ2) is 6.62. The van der Waals surface area contributed by atoms with E-state index >= 15 is 0 Å². The van der Waals surface area contributed by atoms with Gasteiger partial charge >= 0.3 is 0 Å². The van der Waals surface area contributed by atoms with Crippen LogP contribution in [0.1, 0.15) is 29.3 Å². The van der Waals surface area contributed by atoms with Gasteiger partial charge in [-0.3, -0.25) is 4.90 Å². The quantitative estimate of drug-likeness (QED) is 0.834. The Morgan fingerprint density at radius 1 is 1.30 bits per heavy atom. The summed E-state index contributed by atoms with van der Waals surface area (Å²) in [5.74, 6) is -1.07. The Morgan fingerprint density at radius 3 is 2.74 bits per heavy atom. The SMILES string of the molecule is CS(=O)(=O)n1cc2c(n1)CN([C@@H]1CO[C@H](c3cc(F)ccc3F)[C@@H](N)C1)C2. The third-order valence-electron chi connectivity index (χ3n) is 5.10. The predicted molar refractivity (Wildman–Crippen MR) is 93.1 cm³/mol. The van der Waals surface area contributed by atoms with Crippen LogP contribution in [0.5, 0.6) is 0 Å². The van der Waals surface area contributed by atoms with Gasteiger partial charge in [0.15, 0.2) is 0 Å². The van der Waals surface area contributed by atoms with E-state index in [9.17, 15) is 17.2 Å². The van der Waals surface area contributed by atoms with Gasteiger partial charge in [0.25, 0.3) is 10.0 Å². The molecule has 146 valence electrons. The van der Waals surface area contributed by atoms with Crippen molar-refractivity contribution in [2.45, 2.75) is 37.7 Å². The lowest BCUT2D eigenvalue weighted by molar-refractivity contribution is -0.0533. The molecule has 2 aromatic rings. The van der Waals surface area contributed by atoms with Gasteiger partial charge in [0.05, 0.1) is 18.6 Å². The molecule has 3 atom stereocenters. The van der Waals surface area contributed by atoms with Crippen molar-refractivity contribution in [3.8, 4) is 0 Å². The van der Waals surface area contributed by atoms with E-state index in [0.717, 1.165) is 34.1 Å². The van der Waals surface area contributed by atoms with E-state index in [2.05, 4.69) is 10.00 Å². The summed E-state index contributed by atoms with van der Waals surface area (Å²) in [4.78, 5) is 2.11. The molecule has 0 spiro atoms. The van der Waals surface area contributed by atoms with Gasteiger partial charge in [0, 0.05) is 42.5 Å². The number of rotatable bonds is 3. The lowest BCUT2D eigenvalue weighted by atomic mass is 9.93. The second-order valence-corrected chi connectivity index (χ2v) is 8.95. The van der Waals surface area contributed by atoms with E-state index in [1.54, 1.807) is 0 Å². The van der Waals surface area contributed by atoms with Gasteiger partial charge in [-0.2, -0.15) is 9.19 Å². The number of halogens is 2. The molecule has 2 N–H and O–H groups in total. The number of ether oxygens (including phenoxy) is 1. The minimum atomic E-state index is -3.40. The van der Waals surface area contributed by atoms with Gasteiger partial charge in [0.2, 0.25) is 0 Å². The number of nitrogens with two attached hydrogens (primary N) is 1. The zero-order valence-corrected chi connectivity index (χ0v) is 15.5. The summed E-state index contributed by atoms with van der Waals surface area (Å²) in [6.07, 6.45) is 2.49. The zero-order valence-electron chi connectivity index (χ0n) is 14.7. The maximum absolute atomic E-state index is 14.0. The van der Waals surface area contributed by atoms with Crippen molar-refractivity contribution in [2.24, 2.45) is 5.73 Å². The Balaban J connectivity index is 1.44. The van der Waals surface area contributed by atoms with Crippen molar-refractivity contribution in [1.29, 1.82) is 0 Å². The number of hydrogen-bond acceptors (Lipinski definition) is 6. The molecular weight excluding hydrogens is 378 g/mol.